The number of carbonyl (C=O) groups is 1. The molecule has 228 valence electrons. The van der Waals surface area contributed by atoms with Gasteiger partial charge in [0, 0.05) is 68.9 Å². The first-order valence-corrected chi connectivity index (χ1v) is 14.2. The fourth-order valence-electron chi connectivity index (χ4n) is 5.06. The lowest BCUT2D eigenvalue weighted by Crippen LogP contribution is -2.44. The Bertz CT molecular complexity index is 1720. The number of benzene rings is 1. The molecule has 6 rings (SSSR count). The van der Waals surface area contributed by atoms with Crippen LogP contribution >= 0.6 is 0 Å². The maximum atomic E-state index is 14.0. The SMILES string of the molecule is CN1CCN(Cc2ccc(NC(=O)c3cncc(C#Cc4cnc5ccc(O[C@@H]6CCOC6)nn45)c3)cc2C(F)(F)F)CC1. The minimum Gasteiger partial charge on any atom is -0.471 e. The number of fused-ring (bicyclic) bond motifs is 1. The molecule has 0 unspecified atom stereocenters. The maximum Gasteiger partial charge on any atom is 0.416 e. The molecule has 4 aromatic rings. The summed E-state index contributed by atoms with van der Waals surface area (Å²) in [7, 11) is 1.99. The summed E-state index contributed by atoms with van der Waals surface area (Å²) in [6, 6.07) is 8.94. The molecule has 13 heteroatoms. The van der Waals surface area contributed by atoms with Crippen molar-refractivity contribution >= 4 is 17.2 Å². The first-order valence-electron chi connectivity index (χ1n) is 14.2. The number of amides is 1. The van der Waals surface area contributed by atoms with Crippen molar-refractivity contribution in [1.82, 2.24) is 29.4 Å². The average Bonchev–Trinajstić information content (AvgIpc) is 3.67. The molecule has 0 bridgehead atoms. The van der Waals surface area contributed by atoms with E-state index in [-0.39, 0.29) is 29.5 Å². The molecule has 1 aromatic carbocycles. The highest BCUT2D eigenvalue weighted by Gasteiger charge is 2.34. The minimum absolute atomic E-state index is 0.0416. The fourth-order valence-corrected chi connectivity index (χ4v) is 5.06. The molecule has 0 spiro atoms. The molecule has 1 N–H and O–H groups in total. The van der Waals surface area contributed by atoms with Crippen molar-refractivity contribution in [2.24, 2.45) is 0 Å². The number of hydrogen-bond acceptors (Lipinski definition) is 8. The van der Waals surface area contributed by atoms with Crippen LogP contribution in [0.25, 0.3) is 5.65 Å². The highest BCUT2D eigenvalue weighted by molar-refractivity contribution is 6.04. The lowest BCUT2D eigenvalue weighted by atomic mass is 10.0. The van der Waals surface area contributed by atoms with Crippen molar-refractivity contribution in [3.05, 3.63) is 82.9 Å². The number of imidazole rings is 1. The van der Waals surface area contributed by atoms with E-state index in [1.807, 2.05) is 11.9 Å². The van der Waals surface area contributed by atoms with Gasteiger partial charge in [0.15, 0.2) is 5.65 Å². The summed E-state index contributed by atoms with van der Waals surface area (Å²) in [6.07, 6.45) is 0.567. The zero-order valence-corrected chi connectivity index (χ0v) is 24.0. The van der Waals surface area contributed by atoms with Gasteiger partial charge in [-0.2, -0.15) is 13.2 Å². The normalized spacial score (nSPS) is 17.8. The molecule has 5 heterocycles. The zero-order chi connectivity index (χ0) is 30.7. The molecule has 2 fully saturated rings. The summed E-state index contributed by atoms with van der Waals surface area (Å²) in [5.74, 6) is 5.77. The predicted octanol–water partition coefficient (Wildman–Crippen LogP) is 3.71. The van der Waals surface area contributed by atoms with E-state index in [2.05, 4.69) is 37.1 Å². The van der Waals surface area contributed by atoms with E-state index in [4.69, 9.17) is 9.47 Å². The van der Waals surface area contributed by atoms with E-state index in [0.717, 1.165) is 25.6 Å². The van der Waals surface area contributed by atoms with Crippen molar-refractivity contribution in [3.8, 4) is 17.7 Å². The van der Waals surface area contributed by atoms with Gasteiger partial charge >= 0.3 is 6.18 Å². The van der Waals surface area contributed by atoms with Gasteiger partial charge in [0.1, 0.15) is 11.8 Å². The summed E-state index contributed by atoms with van der Waals surface area (Å²) in [6.45, 7) is 4.34. The molecule has 1 amide bonds. The number of hydrogen-bond donors (Lipinski definition) is 1. The molecule has 2 aliphatic rings. The molecule has 0 saturated carbocycles. The number of alkyl halides is 3. The number of nitrogens with zero attached hydrogens (tertiary/aromatic N) is 6. The molecule has 3 aromatic heterocycles. The number of anilines is 1. The molecule has 2 saturated heterocycles. The first-order chi connectivity index (χ1) is 21.2. The number of rotatable bonds is 6. The lowest BCUT2D eigenvalue weighted by Gasteiger charge is -2.33. The van der Waals surface area contributed by atoms with Gasteiger partial charge in [-0.05, 0) is 42.8 Å². The molecule has 1 atom stereocenters. The smallest absolute Gasteiger partial charge is 0.416 e. The number of likely N-dealkylation sites (N-methyl/N-ethyl adjacent to an activating group) is 1. The van der Waals surface area contributed by atoms with Crippen LogP contribution < -0.4 is 10.1 Å². The predicted molar refractivity (Wildman–Crippen MR) is 155 cm³/mol. The lowest BCUT2D eigenvalue weighted by molar-refractivity contribution is -0.138. The molecule has 44 heavy (non-hydrogen) atoms. The Balaban J connectivity index is 1.16. The van der Waals surface area contributed by atoms with E-state index in [1.165, 1.54) is 30.6 Å². The maximum absolute atomic E-state index is 14.0. The van der Waals surface area contributed by atoms with Crippen molar-refractivity contribution in [2.75, 3.05) is 51.8 Å². The minimum atomic E-state index is -4.57. The number of piperazine rings is 1. The molecular formula is C31H30F3N7O3. The third kappa shape index (κ3) is 6.99. The van der Waals surface area contributed by atoms with Crippen LogP contribution in [0.4, 0.5) is 18.9 Å². The summed E-state index contributed by atoms with van der Waals surface area (Å²) in [5, 5.41) is 7.05. The van der Waals surface area contributed by atoms with Crippen LogP contribution in [-0.4, -0.2) is 87.8 Å². The van der Waals surface area contributed by atoms with Crippen molar-refractivity contribution in [1.29, 1.82) is 0 Å². The standard InChI is InChI=1S/C31H30F3N7O3/c1-39-9-11-40(12-10-39)19-22-3-4-24(15-27(22)31(32,33)34)37-30(42)23-14-21(16-35-17-23)2-5-25-18-36-28-6-7-29(38-41(25)28)44-26-8-13-43-20-26/h3-4,6-7,14-18,26H,8-13,19-20H2,1H3,(H,37,42)/t26-/m1/s1. The largest absolute Gasteiger partial charge is 0.471 e. The van der Waals surface area contributed by atoms with E-state index < -0.39 is 17.6 Å². The third-order valence-electron chi connectivity index (χ3n) is 7.51. The van der Waals surface area contributed by atoms with Gasteiger partial charge in [-0.15, -0.1) is 5.10 Å². The van der Waals surface area contributed by atoms with Gasteiger partial charge in [-0.25, -0.2) is 9.50 Å². The van der Waals surface area contributed by atoms with Crippen LogP contribution in [-0.2, 0) is 17.5 Å². The number of nitrogens with one attached hydrogen (secondary N) is 1. The Kier molecular flexibility index (Phi) is 8.47. The van der Waals surface area contributed by atoms with E-state index in [0.29, 0.717) is 49.1 Å². The van der Waals surface area contributed by atoms with Crippen LogP contribution in [0.2, 0.25) is 0 Å². The second-order valence-corrected chi connectivity index (χ2v) is 10.8. The second-order valence-electron chi connectivity index (χ2n) is 10.8. The summed E-state index contributed by atoms with van der Waals surface area (Å²) in [5.41, 5.74) is 1.12. The van der Waals surface area contributed by atoms with Crippen molar-refractivity contribution in [3.63, 3.8) is 0 Å². The number of ether oxygens (including phenoxy) is 2. The summed E-state index contributed by atoms with van der Waals surface area (Å²) in [4.78, 5) is 25.6. The van der Waals surface area contributed by atoms with Gasteiger partial charge in [0.25, 0.3) is 5.91 Å². The Labute approximate surface area is 251 Å². The topological polar surface area (TPSA) is 97.1 Å². The van der Waals surface area contributed by atoms with Gasteiger partial charge in [-0.3, -0.25) is 14.7 Å². The Morgan fingerprint density at radius 1 is 1.09 bits per heavy atom. The molecular weight excluding hydrogens is 575 g/mol. The fraction of sp³-hybridized carbons (Fsp3) is 0.355. The van der Waals surface area contributed by atoms with E-state index in [9.17, 15) is 18.0 Å². The Morgan fingerprint density at radius 3 is 2.70 bits per heavy atom. The van der Waals surface area contributed by atoms with Gasteiger partial charge in [0.05, 0.1) is 30.5 Å². The third-order valence-corrected chi connectivity index (χ3v) is 7.51. The second kappa shape index (κ2) is 12.6. The van der Waals surface area contributed by atoms with Crippen molar-refractivity contribution in [2.45, 2.75) is 25.2 Å². The van der Waals surface area contributed by atoms with E-state index >= 15 is 0 Å². The molecule has 2 aliphatic heterocycles. The van der Waals surface area contributed by atoms with Crippen LogP contribution in [0.15, 0.2) is 55.0 Å². The number of aromatic nitrogens is 4. The van der Waals surface area contributed by atoms with Gasteiger partial charge in [0.2, 0.25) is 5.88 Å². The van der Waals surface area contributed by atoms with Crippen molar-refractivity contribution < 1.29 is 27.4 Å². The Morgan fingerprint density at radius 2 is 1.93 bits per heavy atom. The highest BCUT2D eigenvalue weighted by atomic mass is 19.4. The van der Waals surface area contributed by atoms with Crippen LogP contribution in [0.1, 0.15) is 39.2 Å². The van der Waals surface area contributed by atoms with Crippen LogP contribution in [0.3, 0.4) is 0 Å². The van der Waals surface area contributed by atoms with Crippen LogP contribution in [0.5, 0.6) is 5.88 Å². The molecule has 0 aliphatic carbocycles. The van der Waals surface area contributed by atoms with E-state index in [1.54, 1.807) is 22.8 Å². The zero-order valence-electron chi connectivity index (χ0n) is 24.0. The number of halogens is 3. The summed E-state index contributed by atoms with van der Waals surface area (Å²) >= 11 is 0. The summed E-state index contributed by atoms with van der Waals surface area (Å²) < 4.78 is 54.7. The van der Waals surface area contributed by atoms with Crippen LogP contribution in [0, 0.1) is 11.8 Å². The van der Waals surface area contributed by atoms with Gasteiger partial charge < -0.3 is 19.7 Å². The number of pyridine rings is 1. The monoisotopic (exact) mass is 605 g/mol. The average molecular weight is 606 g/mol. The highest BCUT2D eigenvalue weighted by Crippen LogP contribution is 2.34. The number of carbonyl (C=O) groups excluding carboxylic acids is 1. The first kappa shape index (κ1) is 29.6. The molecule has 10 nitrogen and oxygen atoms in total. The molecule has 0 radical (unpaired) electrons. The quantitative estimate of drug-likeness (QED) is 0.333. The van der Waals surface area contributed by atoms with Gasteiger partial charge in [-0.1, -0.05) is 12.0 Å². The Hall–Kier alpha value is -4.51.